The van der Waals surface area contributed by atoms with Gasteiger partial charge in [0.05, 0.1) is 22.0 Å². The first kappa shape index (κ1) is 23.5. The number of ketones is 1. The molecule has 7 nitrogen and oxygen atoms in total. The van der Waals surface area contributed by atoms with Crippen molar-refractivity contribution in [1.82, 2.24) is 14.8 Å². The first-order valence-electron chi connectivity index (χ1n) is 11.2. The molecule has 0 aliphatic heterocycles. The van der Waals surface area contributed by atoms with Crippen LogP contribution in [0, 0.1) is 12.1 Å². The van der Waals surface area contributed by atoms with Crippen molar-refractivity contribution in [2.24, 2.45) is 0 Å². The Bertz CT molecular complexity index is 1520. The Morgan fingerprint density at radius 1 is 0.972 bits per heavy atom. The lowest BCUT2D eigenvalue weighted by Gasteiger charge is -2.10. The first-order valence-corrected chi connectivity index (χ1v) is 12.1. The number of benzene rings is 3. The molecule has 8 heteroatoms. The maximum atomic E-state index is 13.0. The monoisotopic (exact) mass is 494 g/mol. The molecular formula is C28H22N4O3S. The molecule has 2 N–H and O–H groups in total. The molecular weight excluding hydrogens is 472 g/mol. The Balaban J connectivity index is 1.48. The van der Waals surface area contributed by atoms with Gasteiger partial charge in [0.25, 0.3) is 0 Å². The lowest BCUT2D eigenvalue weighted by Crippen LogP contribution is -2.99. The molecule has 0 aliphatic rings. The quantitative estimate of drug-likeness (QED) is 0.183. The lowest BCUT2D eigenvalue weighted by molar-refractivity contribution is -0.991. The van der Waals surface area contributed by atoms with Crippen LogP contribution in [0.3, 0.4) is 0 Å². The summed E-state index contributed by atoms with van der Waals surface area (Å²) in [5, 5.41) is 24.5. The van der Waals surface area contributed by atoms with Crippen molar-refractivity contribution in [2.45, 2.75) is 6.92 Å². The zero-order valence-corrected chi connectivity index (χ0v) is 20.1. The molecule has 0 radical (unpaired) electrons. The molecule has 5 aromatic rings. The SMILES string of the molecule is Cc1nc(-n2nc(-c3ccccc3)cc2-c2ccccc2)sc1C(=O)/C=C\c1ccc([NH+]([O-])O)cc1. The van der Waals surface area contributed by atoms with Gasteiger partial charge in [0.2, 0.25) is 5.13 Å². The van der Waals surface area contributed by atoms with Gasteiger partial charge in [0, 0.05) is 23.3 Å². The molecule has 3 aromatic carbocycles. The van der Waals surface area contributed by atoms with Gasteiger partial charge >= 0.3 is 0 Å². The van der Waals surface area contributed by atoms with E-state index in [0.717, 1.165) is 28.1 Å². The molecule has 36 heavy (non-hydrogen) atoms. The van der Waals surface area contributed by atoms with E-state index in [0.29, 0.717) is 15.7 Å². The second kappa shape index (κ2) is 10.2. The van der Waals surface area contributed by atoms with Crippen LogP contribution in [0.25, 0.3) is 33.7 Å². The summed E-state index contributed by atoms with van der Waals surface area (Å²) in [6.07, 6.45) is 3.15. The van der Waals surface area contributed by atoms with Crippen LogP contribution < -0.4 is 5.23 Å². The Hall–Kier alpha value is -4.21. The molecule has 0 aliphatic carbocycles. The summed E-state index contributed by atoms with van der Waals surface area (Å²) < 4.78 is 1.79. The van der Waals surface area contributed by atoms with Gasteiger partial charge in [-0.15, -0.1) is 0 Å². The molecule has 2 heterocycles. The minimum absolute atomic E-state index is 0.171. The molecule has 0 bridgehead atoms. The van der Waals surface area contributed by atoms with Crippen molar-refractivity contribution in [3.63, 3.8) is 0 Å². The van der Waals surface area contributed by atoms with Crippen LogP contribution in [0.1, 0.15) is 20.9 Å². The zero-order valence-electron chi connectivity index (χ0n) is 19.3. The van der Waals surface area contributed by atoms with Gasteiger partial charge < -0.3 is 5.21 Å². The highest BCUT2D eigenvalue weighted by Gasteiger charge is 2.19. The fraction of sp³-hybridized carbons (Fsp3) is 0.0357. The molecule has 2 aromatic heterocycles. The van der Waals surface area contributed by atoms with E-state index in [9.17, 15) is 10.0 Å². The number of allylic oxidation sites excluding steroid dienone is 1. The van der Waals surface area contributed by atoms with E-state index in [2.05, 4.69) is 4.98 Å². The number of thiazole rings is 1. The highest BCUT2D eigenvalue weighted by molar-refractivity contribution is 7.16. The van der Waals surface area contributed by atoms with Crippen molar-refractivity contribution in [1.29, 1.82) is 0 Å². The summed E-state index contributed by atoms with van der Waals surface area (Å²) in [6, 6.07) is 28.3. The fourth-order valence-electron chi connectivity index (χ4n) is 3.78. The van der Waals surface area contributed by atoms with Gasteiger partial charge in [0.1, 0.15) is 0 Å². The van der Waals surface area contributed by atoms with Gasteiger partial charge in [-0.1, -0.05) is 78.1 Å². The van der Waals surface area contributed by atoms with Crippen LogP contribution in [0.5, 0.6) is 0 Å². The standard InChI is InChI=1S/C28H22N4O3S/c1-19-27(26(33)17-14-20-12-15-23(16-13-20)32(34)35)36-28(29-19)31-25(22-10-6-3-7-11-22)18-24(30-31)21-8-4-2-5-9-21/h2-18,32,34H,1H3/b17-14-. The zero-order chi connectivity index (χ0) is 25.1. The van der Waals surface area contributed by atoms with E-state index in [4.69, 9.17) is 10.3 Å². The van der Waals surface area contributed by atoms with E-state index in [1.165, 1.54) is 29.5 Å². The predicted molar refractivity (Wildman–Crippen MR) is 140 cm³/mol. The topological polar surface area (TPSA) is 95.5 Å². The van der Waals surface area contributed by atoms with Crippen LogP contribution in [-0.2, 0) is 0 Å². The number of hydrogen-bond donors (Lipinski definition) is 2. The Morgan fingerprint density at radius 2 is 1.61 bits per heavy atom. The lowest BCUT2D eigenvalue weighted by atomic mass is 10.1. The molecule has 0 spiro atoms. The largest absolute Gasteiger partial charge is 0.595 e. The second-order valence-corrected chi connectivity index (χ2v) is 9.07. The number of hydrogen-bond acceptors (Lipinski definition) is 6. The van der Waals surface area contributed by atoms with Crippen molar-refractivity contribution in [3.05, 3.63) is 118 Å². The van der Waals surface area contributed by atoms with E-state index in [1.54, 1.807) is 22.9 Å². The van der Waals surface area contributed by atoms with E-state index < -0.39 is 5.23 Å². The normalized spacial score (nSPS) is 12.2. The third-order valence-corrected chi connectivity index (χ3v) is 6.77. The number of nitrogens with one attached hydrogen (secondary N) is 1. The van der Waals surface area contributed by atoms with E-state index in [-0.39, 0.29) is 11.5 Å². The average Bonchev–Trinajstić information content (AvgIpc) is 3.53. The summed E-state index contributed by atoms with van der Waals surface area (Å²) in [5.74, 6) is -0.171. The van der Waals surface area contributed by atoms with Gasteiger partial charge in [0.15, 0.2) is 11.5 Å². The highest BCUT2D eigenvalue weighted by atomic mass is 32.1. The third-order valence-electron chi connectivity index (χ3n) is 5.62. The number of carbonyl (C=O) groups is 1. The minimum Gasteiger partial charge on any atom is -0.595 e. The van der Waals surface area contributed by atoms with E-state index in [1.807, 2.05) is 73.7 Å². The minimum atomic E-state index is -0.988. The summed E-state index contributed by atoms with van der Waals surface area (Å²) in [4.78, 5) is 18.2. The summed E-state index contributed by atoms with van der Waals surface area (Å²) in [7, 11) is 0. The smallest absolute Gasteiger partial charge is 0.211 e. The van der Waals surface area contributed by atoms with Crippen LogP contribution in [0.15, 0.2) is 97.1 Å². The van der Waals surface area contributed by atoms with Crippen LogP contribution in [-0.4, -0.2) is 25.8 Å². The third kappa shape index (κ3) is 4.93. The van der Waals surface area contributed by atoms with E-state index >= 15 is 0 Å². The average molecular weight is 495 g/mol. The Labute approximate surface area is 211 Å². The summed E-state index contributed by atoms with van der Waals surface area (Å²) in [5.41, 5.74) is 5.26. The van der Waals surface area contributed by atoms with Crippen LogP contribution in [0.4, 0.5) is 5.69 Å². The summed E-state index contributed by atoms with van der Waals surface area (Å²) in [6.45, 7) is 1.81. The predicted octanol–water partition coefficient (Wildman–Crippen LogP) is 5.27. The van der Waals surface area contributed by atoms with Crippen LogP contribution >= 0.6 is 11.3 Å². The van der Waals surface area contributed by atoms with Gasteiger partial charge in [-0.2, -0.15) is 10.3 Å². The van der Waals surface area contributed by atoms with Gasteiger partial charge in [-0.25, -0.2) is 14.9 Å². The van der Waals surface area contributed by atoms with Crippen molar-refractivity contribution in [3.8, 4) is 27.6 Å². The highest BCUT2D eigenvalue weighted by Crippen LogP contribution is 2.31. The maximum absolute atomic E-state index is 13.0. The number of aromatic nitrogens is 3. The Kier molecular flexibility index (Phi) is 6.66. The molecule has 1 atom stereocenters. The van der Waals surface area contributed by atoms with Crippen molar-refractivity contribution < 1.29 is 15.2 Å². The molecule has 0 saturated carbocycles. The van der Waals surface area contributed by atoms with Crippen LogP contribution in [0.2, 0.25) is 0 Å². The number of aryl methyl sites for hydroxylation is 1. The summed E-state index contributed by atoms with van der Waals surface area (Å²) >= 11 is 1.29. The first-order chi connectivity index (χ1) is 17.5. The number of rotatable bonds is 7. The Morgan fingerprint density at radius 3 is 2.25 bits per heavy atom. The van der Waals surface area contributed by atoms with Crippen molar-refractivity contribution >= 4 is 28.9 Å². The molecule has 1 unspecified atom stereocenters. The second-order valence-electron chi connectivity index (χ2n) is 8.09. The van der Waals surface area contributed by atoms with Gasteiger partial charge in [-0.3, -0.25) is 4.79 Å². The number of quaternary nitrogens is 1. The molecule has 5 rings (SSSR count). The fourth-order valence-corrected chi connectivity index (χ4v) is 4.73. The maximum Gasteiger partial charge on any atom is 0.211 e. The van der Waals surface area contributed by atoms with Crippen molar-refractivity contribution in [2.75, 3.05) is 0 Å². The number of carbonyl (C=O) groups excluding carboxylic acids is 1. The number of nitrogens with zero attached hydrogens (tertiary/aromatic N) is 3. The molecule has 0 saturated heterocycles. The molecule has 0 amide bonds. The van der Waals surface area contributed by atoms with Gasteiger partial charge in [-0.05, 0) is 36.8 Å². The molecule has 0 fully saturated rings. The molecule has 178 valence electrons.